The number of esters is 1. The summed E-state index contributed by atoms with van der Waals surface area (Å²) < 4.78 is 5.29. The van der Waals surface area contributed by atoms with Gasteiger partial charge in [0.15, 0.2) is 0 Å². The van der Waals surface area contributed by atoms with Crippen LogP contribution in [0.5, 0.6) is 0 Å². The molecule has 0 fully saturated rings. The van der Waals surface area contributed by atoms with Gasteiger partial charge in [0.2, 0.25) is 5.91 Å². The average Bonchev–Trinajstić information content (AvgIpc) is 2.37. The second kappa shape index (κ2) is 6.91. The van der Waals surface area contributed by atoms with E-state index in [9.17, 15) is 9.59 Å². The van der Waals surface area contributed by atoms with Crippen LogP contribution in [0.4, 0.5) is 5.69 Å². The summed E-state index contributed by atoms with van der Waals surface area (Å²) in [5, 5.41) is 5.55. The number of carbonyl (C=O) groups is 2. The van der Waals surface area contributed by atoms with Crippen LogP contribution in [0.2, 0.25) is 0 Å². The van der Waals surface area contributed by atoms with Crippen LogP contribution in [-0.2, 0) is 9.53 Å². The number of anilines is 1. The Morgan fingerprint density at radius 3 is 2.60 bits per heavy atom. The molecule has 0 aromatic heterocycles. The molecule has 0 saturated heterocycles. The Morgan fingerprint density at radius 1 is 1.30 bits per heavy atom. The minimum atomic E-state index is -0.532. The highest BCUT2D eigenvalue weighted by Gasteiger charge is 2.17. The van der Waals surface area contributed by atoms with Gasteiger partial charge < -0.3 is 21.1 Å². The molecule has 6 nitrogen and oxygen atoms in total. The highest BCUT2D eigenvalue weighted by Crippen LogP contribution is 2.15. The van der Waals surface area contributed by atoms with Gasteiger partial charge in [-0.3, -0.25) is 4.79 Å². The van der Waals surface area contributed by atoms with Crippen molar-refractivity contribution in [2.24, 2.45) is 5.73 Å². The Kier molecular flexibility index (Phi) is 5.52. The molecule has 6 heteroatoms. The first-order valence-corrected chi connectivity index (χ1v) is 6.36. The molecule has 1 rings (SSSR count). The summed E-state index contributed by atoms with van der Waals surface area (Å²) in [5.74, 6) is -0.632. The first-order valence-electron chi connectivity index (χ1n) is 6.36. The highest BCUT2D eigenvalue weighted by molar-refractivity contribution is 5.90. The summed E-state index contributed by atoms with van der Waals surface area (Å²) in [5.41, 5.74) is 5.81. The Labute approximate surface area is 118 Å². The molecule has 0 aliphatic heterocycles. The molecule has 1 aromatic carbocycles. The molecule has 110 valence electrons. The minimum absolute atomic E-state index is 0.0559. The van der Waals surface area contributed by atoms with Crippen molar-refractivity contribution in [3.63, 3.8) is 0 Å². The third kappa shape index (κ3) is 5.71. The van der Waals surface area contributed by atoms with Gasteiger partial charge in [-0.15, -0.1) is 0 Å². The third-order valence-corrected chi connectivity index (χ3v) is 2.26. The van der Waals surface area contributed by atoms with Crippen molar-refractivity contribution < 1.29 is 14.3 Å². The molecule has 0 atom stereocenters. The summed E-state index contributed by atoms with van der Waals surface area (Å²) in [4.78, 5) is 22.9. The number of ether oxygens (including phenoxy) is 1. The van der Waals surface area contributed by atoms with Crippen LogP contribution in [-0.4, -0.2) is 30.7 Å². The second-order valence-corrected chi connectivity index (χ2v) is 5.24. The van der Waals surface area contributed by atoms with Crippen molar-refractivity contribution in [3.8, 4) is 0 Å². The number of carbonyl (C=O) groups excluding carboxylic acids is 2. The van der Waals surface area contributed by atoms with Gasteiger partial charge in [0, 0.05) is 5.69 Å². The lowest BCUT2D eigenvalue weighted by molar-refractivity contribution is -0.119. The Bertz CT molecular complexity index is 481. The second-order valence-electron chi connectivity index (χ2n) is 5.24. The Morgan fingerprint density at radius 2 is 2.00 bits per heavy atom. The van der Waals surface area contributed by atoms with E-state index in [0.29, 0.717) is 11.3 Å². The van der Waals surface area contributed by atoms with Crippen molar-refractivity contribution in [1.29, 1.82) is 0 Å². The fraction of sp³-hybridized carbons (Fsp3) is 0.429. The van der Waals surface area contributed by atoms with E-state index in [1.807, 2.05) is 20.8 Å². The van der Waals surface area contributed by atoms with E-state index in [4.69, 9.17) is 10.5 Å². The van der Waals surface area contributed by atoms with Crippen LogP contribution < -0.4 is 16.4 Å². The van der Waals surface area contributed by atoms with Crippen molar-refractivity contribution in [1.82, 2.24) is 5.32 Å². The van der Waals surface area contributed by atoms with Gasteiger partial charge in [-0.2, -0.15) is 0 Å². The van der Waals surface area contributed by atoms with Crippen LogP contribution in [0, 0.1) is 0 Å². The molecular formula is C14H21N3O3. The fourth-order valence-corrected chi connectivity index (χ4v) is 1.41. The standard InChI is InChI=1S/C14H21N3O3/c1-14(2,3)20-13(19)10-5-4-6-11(7-10)16-9-17-12(18)8-15/h4-7,16H,8-9,15H2,1-3H3,(H,17,18). The summed E-state index contributed by atoms with van der Waals surface area (Å²) >= 11 is 0. The van der Waals surface area contributed by atoms with Crippen LogP contribution in [0.1, 0.15) is 31.1 Å². The zero-order valence-electron chi connectivity index (χ0n) is 12.0. The average molecular weight is 279 g/mol. The summed E-state index contributed by atoms with van der Waals surface area (Å²) in [7, 11) is 0. The minimum Gasteiger partial charge on any atom is -0.456 e. The van der Waals surface area contributed by atoms with E-state index >= 15 is 0 Å². The van der Waals surface area contributed by atoms with Gasteiger partial charge in [0.25, 0.3) is 0 Å². The predicted octanol–water partition coefficient (Wildman–Crippen LogP) is 1.09. The summed E-state index contributed by atoms with van der Waals surface area (Å²) in [6.07, 6.45) is 0. The van der Waals surface area contributed by atoms with Crippen LogP contribution in [0.15, 0.2) is 24.3 Å². The zero-order valence-corrected chi connectivity index (χ0v) is 12.0. The van der Waals surface area contributed by atoms with Gasteiger partial charge in [0.1, 0.15) is 5.60 Å². The number of nitrogens with two attached hydrogens (primary N) is 1. The molecular weight excluding hydrogens is 258 g/mol. The smallest absolute Gasteiger partial charge is 0.338 e. The number of rotatable bonds is 5. The first kappa shape index (κ1) is 16.0. The molecule has 0 radical (unpaired) electrons. The molecule has 0 aliphatic carbocycles. The predicted molar refractivity (Wildman–Crippen MR) is 77.3 cm³/mol. The Balaban J connectivity index is 2.61. The number of hydrogen-bond acceptors (Lipinski definition) is 5. The lowest BCUT2D eigenvalue weighted by Crippen LogP contribution is -2.34. The van der Waals surface area contributed by atoms with Gasteiger partial charge in [-0.05, 0) is 39.0 Å². The van der Waals surface area contributed by atoms with Gasteiger partial charge >= 0.3 is 5.97 Å². The molecule has 0 bridgehead atoms. The quantitative estimate of drug-likeness (QED) is 0.554. The molecule has 0 saturated carbocycles. The molecule has 4 N–H and O–H groups in total. The fourth-order valence-electron chi connectivity index (χ4n) is 1.41. The van der Waals surface area contributed by atoms with Crippen LogP contribution >= 0.6 is 0 Å². The van der Waals surface area contributed by atoms with E-state index in [0.717, 1.165) is 0 Å². The largest absolute Gasteiger partial charge is 0.456 e. The van der Waals surface area contributed by atoms with E-state index in [1.54, 1.807) is 24.3 Å². The van der Waals surface area contributed by atoms with E-state index in [2.05, 4.69) is 10.6 Å². The van der Waals surface area contributed by atoms with E-state index in [1.165, 1.54) is 0 Å². The number of benzene rings is 1. The molecule has 1 aromatic rings. The Hall–Kier alpha value is -2.08. The van der Waals surface area contributed by atoms with Crippen molar-refractivity contribution in [2.45, 2.75) is 26.4 Å². The van der Waals surface area contributed by atoms with E-state index < -0.39 is 5.60 Å². The molecule has 0 unspecified atom stereocenters. The zero-order chi connectivity index (χ0) is 15.2. The van der Waals surface area contributed by atoms with Gasteiger partial charge in [-0.1, -0.05) is 6.07 Å². The van der Waals surface area contributed by atoms with Crippen molar-refractivity contribution >= 4 is 17.6 Å². The number of hydrogen-bond donors (Lipinski definition) is 3. The maximum absolute atomic E-state index is 11.9. The van der Waals surface area contributed by atoms with Crippen molar-refractivity contribution in [2.75, 3.05) is 18.5 Å². The lowest BCUT2D eigenvalue weighted by atomic mass is 10.1. The first-order chi connectivity index (χ1) is 9.31. The number of amides is 1. The molecule has 0 aliphatic rings. The molecule has 20 heavy (non-hydrogen) atoms. The monoisotopic (exact) mass is 279 g/mol. The summed E-state index contributed by atoms with van der Waals surface area (Å²) in [6, 6.07) is 6.88. The topological polar surface area (TPSA) is 93.5 Å². The van der Waals surface area contributed by atoms with Gasteiger partial charge in [0.05, 0.1) is 18.8 Å². The molecule has 1 amide bonds. The highest BCUT2D eigenvalue weighted by atomic mass is 16.6. The van der Waals surface area contributed by atoms with Crippen LogP contribution in [0.3, 0.4) is 0 Å². The maximum atomic E-state index is 11.9. The summed E-state index contributed by atoms with van der Waals surface area (Å²) in [6.45, 7) is 5.63. The lowest BCUT2D eigenvalue weighted by Gasteiger charge is -2.19. The van der Waals surface area contributed by atoms with E-state index in [-0.39, 0.29) is 25.1 Å². The number of nitrogens with one attached hydrogen (secondary N) is 2. The maximum Gasteiger partial charge on any atom is 0.338 e. The van der Waals surface area contributed by atoms with Crippen molar-refractivity contribution in [3.05, 3.63) is 29.8 Å². The normalized spacial score (nSPS) is 10.8. The van der Waals surface area contributed by atoms with Gasteiger partial charge in [-0.25, -0.2) is 4.79 Å². The molecule has 0 spiro atoms. The molecule has 0 heterocycles. The third-order valence-electron chi connectivity index (χ3n) is 2.26. The SMILES string of the molecule is CC(C)(C)OC(=O)c1cccc(NCNC(=O)CN)c1. The van der Waals surface area contributed by atoms with Crippen LogP contribution in [0.25, 0.3) is 0 Å².